The van der Waals surface area contributed by atoms with E-state index in [0.29, 0.717) is 31.2 Å². The molecule has 0 fully saturated rings. The number of hydrogen-bond acceptors (Lipinski definition) is 7. The van der Waals surface area contributed by atoms with Crippen LogP contribution in [-0.4, -0.2) is 28.7 Å². The number of nitrogens with zero attached hydrogens (tertiary/aromatic N) is 3. The minimum Gasteiger partial charge on any atom is -0.496 e. The Hall–Kier alpha value is -2.48. The monoisotopic (exact) mass is 278 g/mol. The number of benzene rings is 1. The minimum absolute atomic E-state index is 0.0121. The Morgan fingerprint density at radius 1 is 1.45 bits per heavy atom. The fourth-order valence-corrected chi connectivity index (χ4v) is 1.70. The van der Waals surface area contributed by atoms with Crippen LogP contribution in [0.5, 0.6) is 5.75 Å². The molecule has 0 aliphatic rings. The van der Waals surface area contributed by atoms with E-state index in [-0.39, 0.29) is 5.69 Å². The molecule has 0 spiro atoms. The highest BCUT2D eigenvalue weighted by Gasteiger charge is 2.10. The van der Waals surface area contributed by atoms with Crippen molar-refractivity contribution in [2.75, 3.05) is 13.7 Å². The molecule has 20 heavy (non-hydrogen) atoms. The lowest BCUT2D eigenvalue weighted by atomic mass is 10.2. The summed E-state index contributed by atoms with van der Waals surface area (Å²) in [4.78, 5) is 14.3. The van der Waals surface area contributed by atoms with Crippen LogP contribution in [0.1, 0.15) is 11.5 Å². The van der Waals surface area contributed by atoms with Crippen molar-refractivity contribution >= 4 is 5.69 Å². The molecular weight excluding hydrogens is 264 g/mol. The van der Waals surface area contributed by atoms with E-state index in [0.717, 1.165) is 5.56 Å². The number of nitro benzene ring substituents is 1. The number of methoxy groups -OCH3 is 1. The van der Waals surface area contributed by atoms with Crippen LogP contribution < -0.4 is 10.1 Å². The quantitative estimate of drug-likeness (QED) is 0.462. The number of ether oxygens (including phenoxy) is 1. The number of rotatable bonds is 7. The minimum atomic E-state index is -0.440. The highest BCUT2D eigenvalue weighted by Crippen LogP contribution is 2.22. The number of non-ortho nitro benzene ring substituents is 1. The molecule has 0 aliphatic heterocycles. The van der Waals surface area contributed by atoms with Gasteiger partial charge >= 0.3 is 0 Å². The van der Waals surface area contributed by atoms with Crippen molar-refractivity contribution in [2.45, 2.75) is 13.0 Å². The molecule has 0 saturated heterocycles. The zero-order valence-electron chi connectivity index (χ0n) is 10.9. The van der Waals surface area contributed by atoms with Gasteiger partial charge in [-0.3, -0.25) is 10.1 Å². The van der Waals surface area contributed by atoms with Crippen LogP contribution in [0, 0.1) is 10.1 Å². The average Bonchev–Trinajstić information content (AvgIpc) is 2.96. The Kier molecular flexibility index (Phi) is 4.61. The van der Waals surface area contributed by atoms with Crippen LogP contribution in [0.3, 0.4) is 0 Å². The number of nitro groups is 1. The molecule has 1 N–H and O–H groups in total. The standard InChI is InChI=1S/C12H14N4O4/c1-19-11-5-9(4-10(6-11)16(17)18)7-13-3-2-12-14-8-15-20-12/h4-6,8,13H,2-3,7H2,1H3. The van der Waals surface area contributed by atoms with E-state index in [2.05, 4.69) is 15.5 Å². The van der Waals surface area contributed by atoms with Gasteiger partial charge in [0.25, 0.3) is 5.69 Å². The summed E-state index contributed by atoms with van der Waals surface area (Å²) in [6, 6.07) is 4.66. The molecule has 0 amide bonds. The Morgan fingerprint density at radius 2 is 2.30 bits per heavy atom. The summed E-state index contributed by atoms with van der Waals surface area (Å²) in [5.41, 5.74) is 0.791. The molecule has 0 radical (unpaired) electrons. The molecule has 106 valence electrons. The smallest absolute Gasteiger partial charge is 0.273 e. The SMILES string of the molecule is COc1cc(CNCCc2ncno2)cc([N+](=O)[O-])c1. The van der Waals surface area contributed by atoms with Gasteiger partial charge in [-0.1, -0.05) is 5.16 Å². The average molecular weight is 278 g/mol. The first-order valence-corrected chi connectivity index (χ1v) is 5.97. The molecule has 1 heterocycles. The third kappa shape index (κ3) is 3.75. The first kappa shape index (κ1) is 13.9. The summed E-state index contributed by atoms with van der Waals surface area (Å²) in [6.07, 6.45) is 1.95. The number of nitrogens with one attached hydrogen (secondary N) is 1. The second kappa shape index (κ2) is 6.62. The second-order valence-corrected chi connectivity index (χ2v) is 4.06. The zero-order chi connectivity index (χ0) is 14.4. The molecule has 0 aliphatic carbocycles. The van der Waals surface area contributed by atoms with Gasteiger partial charge in [0.15, 0.2) is 6.33 Å². The molecule has 1 aromatic carbocycles. The van der Waals surface area contributed by atoms with Gasteiger partial charge in [0.05, 0.1) is 18.1 Å². The van der Waals surface area contributed by atoms with Crippen molar-refractivity contribution in [1.29, 1.82) is 0 Å². The number of hydrogen-bond donors (Lipinski definition) is 1. The van der Waals surface area contributed by atoms with Crippen LogP contribution in [0.2, 0.25) is 0 Å². The molecule has 0 bridgehead atoms. The fraction of sp³-hybridized carbons (Fsp3) is 0.333. The maximum atomic E-state index is 10.8. The van der Waals surface area contributed by atoms with Crippen LogP contribution in [0.25, 0.3) is 0 Å². The molecule has 0 atom stereocenters. The topological polar surface area (TPSA) is 103 Å². The van der Waals surface area contributed by atoms with Crippen molar-refractivity contribution in [2.24, 2.45) is 0 Å². The van der Waals surface area contributed by atoms with E-state index in [1.54, 1.807) is 6.07 Å². The van der Waals surface area contributed by atoms with Crippen molar-refractivity contribution in [3.8, 4) is 5.75 Å². The second-order valence-electron chi connectivity index (χ2n) is 4.06. The molecule has 2 aromatic rings. The highest BCUT2D eigenvalue weighted by atomic mass is 16.6. The third-order valence-corrected chi connectivity index (χ3v) is 2.65. The maximum absolute atomic E-state index is 10.8. The maximum Gasteiger partial charge on any atom is 0.273 e. The zero-order valence-corrected chi connectivity index (χ0v) is 10.9. The van der Waals surface area contributed by atoms with Gasteiger partial charge < -0.3 is 14.6 Å². The van der Waals surface area contributed by atoms with E-state index in [1.165, 1.54) is 25.6 Å². The van der Waals surface area contributed by atoms with Crippen molar-refractivity contribution in [3.63, 3.8) is 0 Å². The highest BCUT2D eigenvalue weighted by molar-refractivity contribution is 5.42. The van der Waals surface area contributed by atoms with E-state index >= 15 is 0 Å². The van der Waals surface area contributed by atoms with Crippen molar-refractivity contribution in [3.05, 3.63) is 46.1 Å². The summed E-state index contributed by atoms with van der Waals surface area (Å²) < 4.78 is 9.91. The van der Waals surface area contributed by atoms with Crippen molar-refractivity contribution < 1.29 is 14.2 Å². The molecule has 2 rings (SSSR count). The molecule has 1 aromatic heterocycles. The lowest BCUT2D eigenvalue weighted by Crippen LogP contribution is -2.17. The van der Waals surface area contributed by atoms with Crippen LogP contribution in [-0.2, 0) is 13.0 Å². The summed E-state index contributed by atoms with van der Waals surface area (Å²) >= 11 is 0. The lowest BCUT2D eigenvalue weighted by Gasteiger charge is -2.06. The predicted octanol–water partition coefficient (Wildman–Crippen LogP) is 1.32. The van der Waals surface area contributed by atoms with E-state index in [9.17, 15) is 10.1 Å². The Balaban J connectivity index is 1.91. The van der Waals surface area contributed by atoms with Gasteiger partial charge in [0, 0.05) is 25.6 Å². The van der Waals surface area contributed by atoms with Crippen molar-refractivity contribution in [1.82, 2.24) is 15.5 Å². The Bertz CT molecular complexity index is 571. The molecular formula is C12H14N4O4. The van der Waals surface area contributed by atoms with Gasteiger partial charge in [-0.25, -0.2) is 0 Å². The summed E-state index contributed by atoms with van der Waals surface area (Å²) in [7, 11) is 1.48. The molecule has 8 heteroatoms. The first-order valence-electron chi connectivity index (χ1n) is 5.97. The molecule has 0 unspecified atom stereocenters. The van der Waals surface area contributed by atoms with Gasteiger partial charge in [0.2, 0.25) is 5.89 Å². The van der Waals surface area contributed by atoms with Gasteiger partial charge in [-0.2, -0.15) is 4.98 Å². The lowest BCUT2D eigenvalue weighted by molar-refractivity contribution is -0.385. The van der Waals surface area contributed by atoms with Gasteiger partial charge in [-0.05, 0) is 11.6 Å². The Morgan fingerprint density at radius 3 is 2.95 bits per heavy atom. The fourth-order valence-electron chi connectivity index (χ4n) is 1.70. The summed E-state index contributed by atoms with van der Waals surface area (Å²) in [5, 5.41) is 17.5. The summed E-state index contributed by atoms with van der Waals surface area (Å²) in [5.74, 6) is 1.02. The van der Waals surface area contributed by atoms with E-state index in [1.807, 2.05) is 0 Å². The normalized spacial score (nSPS) is 10.4. The molecule has 0 saturated carbocycles. The Labute approximate surface area is 114 Å². The predicted molar refractivity (Wildman–Crippen MR) is 69.4 cm³/mol. The summed E-state index contributed by atoms with van der Waals surface area (Å²) in [6.45, 7) is 1.12. The molecule has 8 nitrogen and oxygen atoms in total. The van der Waals surface area contributed by atoms with E-state index < -0.39 is 4.92 Å². The number of aromatic nitrogens is 2. The van der Waals surface area contributed by atoms with Crippen LogP contribution in [0.4, 0.5) is 5.69 Å². The third-order valence-electron chi connectivity index (χ3n) is 2.65. The van der Waals surface area contributed by atoms with Crippen LogP contribution >= 0.6 is 0 Å². The van der Waals surface area contributed by atoms with Gasteiger partial charge in [-0.15, -0.1) is 0 Å². The van der Waals surface area contributed by atoms with E-state index in [4.69, 9.17) is 9.26 Å². The van der Waals surface area contributed by atoms with Gasteiger partial charge in [0.1, 0.15) is 5.75 Å². The largest absolute Gasteiger partial charge is 0.496 e. The van der Waals surface area contributed by atoms with Crippen LogP contribution in [0.15, 0.2) is 29.0 Å². The first-order chi connectivity index (χ1) is 9.69.